The number of β-lactam (4-membered cyclic amide) rings is 1. The Morgan fingerprint density at radius 3 is 2.04 bits per heavy atom. The molecule has 5 heteroatoms. The SMILES string of the molecule is O=C1NCC1N1C(=O)OC(c2ccccc2)C1c1ccccc1. The van der Waals surface area contributed by atoms with Gasteiger partial charge in [-0.3, -0.25) is 9.69 Å². The number of hydrogen-bond acceptors (Lipinski definition) is 3. The summed E-state index contributed by atoms with van der Waals surface area (Å²) in [5, 5.41) is 2.69. The Bertz CT molecular complexity index is 732. The lowest BCUT2D eigenvalue weighted by atomic mass is 9.93. The van der Waals surface area contributed by atoms with Gasteiger partial charge in [0, 0.05) is 6.54 Å². The maximum Gasteiger partial charge on any atom is 0.411 e. The highest BCUT2D eigenvalue weighted by molar-refractivity contribution is 5.91. The first-order valence-corrected chi connectivity index (χ1v) is 7.62. The van der Waals surface area contributed by atoms with E-state index in [1.165, 1.54) is 0 Å². The molecule has 0 aliphatic carbocycles. The number of benzene rings is 2. The molecule has 23 heavy (non-hydrogen) atoms. The second-order valence-electron chi connectivity index (χ2n) is 5.74. The number of hydrogen-bond donors (Lipinski definition) is 1. The Hall–Kier alpha value is -2.82. The molecule has 0 spiro atoms. The van der Waals surface area contributed by atoms with E-state index in [1.807, 2.05) is 60.7 Å². The van der Waals surface area contributed by atoms with Gasteiger partial charge >= 0.3 is 6.09 Å². The van der Waals surface area contributed by atoms with Crippen LogP contribution >= 0.6 is 0 Å². The van der Waals surface area contributed by atoms with Crippen molar-refractivity contribution in [1.82, 2.24) is 10.2 Å². The van der Waals surface area contributed by atoms with E-state index in [0.717, 1.165) is 11.1 Å². The number of nitrogens with zero attached hydrogens (tertiary/aromatic N) is 1. The van der Waals surface area contributed by atoms with Crippen LogP contribution in [0.5, 0.6) is 0 Å². The molecule has 2 aromatic carbocycles. The van der Waals surface area contributed by atoms with Crippen LogP contribution in [0.4, 0.5) is 4.79 Å². The van der Waals surface area contributed by atoms with Crippen LogP contribution in [0.15, 0.2) is 60.7 Å². The van der Waals surface area contributed by atoms with Crippen LogP contribution in [0, 0.1) is 0 Å². The summed E-state index contributed by atoms with van der Waals surface area (Å²) in [4.78, 5) is 25.8. The van der Waals surface area contributed by atoms with Gasteiger partial charge in [-0.15, -0.1) is 0 Å². The first-order chi connectivity index (χ1) is 11.3. The number of amides is 2. The minimum Gasteiger partial charge on any atom is -0.439 e. The van der Waals surface area contributed by atoms with E-state index in [-0.39, 0.29) is 11.9 Å². The van der Waals surface area contributed by atoms with E-state index >= 15 is 0 Å². The number of carbonyl (C=O) groups is 2. The van der Waals surface area contributed by atoms with Crippen molar-refractivity contribution < 1.29 is 14.3 Å². The molecular formula is C18H16N2O3. The average Bonchev–Trinajstić information content (AvgIpc) is 2.92. The third-order valence-corrected chi connectivity index (χ3v) is 4.40. The van der Waals surface area contributed by atoms with Crippen LogP contribution in [0.25, 0.3) is 0 Å². The molecule has 0 radical (unpaired) electrons. The first-order valence-electron chi connectivity index (χ1n) is 7.62. The molecule has 2 heterocycles. The lowest BCUT2D eigenvalue weighted by molar-refractivity contribution is -0.132. The molecule has 2 fully saturated rings. The van der Waals surface area contributed by atoms with Gasteiger partial charge in [0.05, 0.1) is 0 Å². The zero-order valence-electron chi connectivity index (χ0n) is 12.4. The summed E-state index contributed by atoms with van der Waals surface area (Å²) in [6, 6.07) is 18.6. The van der Waals surface area contributed by atoms with Gasteiger partial charge in [-0.05, 0) is 11.1 Å². The molecule has 0 aromatic heterocycles. The molecule has 0 bridgehead atoms. The zero-order valence-corrected chi connectivity index (χ0v) is 12.4. The standard InChI is InChI=1S/C18H16N2O3/c21-17-14(11-19-17)20-15(12-7-3-1-4-8-12)16(23-18(20)22)13-9-5-2-6-10-13/h1-10,14-16H,11H2,(H,19,21). The summed E-state index contributed by atoms with van der Waals surface area (Å²) in [5.74, 6) is -0.128. The van der Waals surface area contributed by atoms with E-state index < -0.39 is 18.2 Å². The first kappa shape index (κ1) is 13.8. The fourth-order valence-electron chi connectivity index (χ4n) is 3.19. The molecule has 5 nitrogen and oxygen atoms in total. The second kappa shape index (κ2) is 5.43. The predicted molar refractivity (Wildman–Crippen MR) is 83.5 cm³/mol. The smallest absolute Gasteiger partial charge is 0.411 e. The molecule has 3 unspecified atom stereocenters. The van der Waals surface area contributed by atoms with Gasteiger partial charge < -0.3 is 10.1 Å². The number of carbonyl (C=O) groups excluding carboxylic acids is 2. The van der Waals surface area contributed by atoms with Crippen LogP contribution < -0.4 is 5.32 Å². The second-order valence-corrected chi connectivity index (χ2v) is 5.74. The minimum absolute atomic E-state index is 0.128. The van der Waals surface area contributed by atoms with Crippen LogP contribution in [-0.2, 0) is 9.53 Å². The minimum atomic E-state index is -0.457. The van der Waals surface area contributed by atoms with Crippen LogP contribution in [-0.4, -0.2) is 29.5 Å². The Kier molecular flexibility index (Phi) is 3.26. The van der Waals surface area contributed by atoms with Crippen molar-refractivity contribution in [3.8, 4) is 0 Å². The fourth-order valence-corrected chi connectivity index (χ4v) is 3.19. The van der Waals surface area contributed by atoms with Gasteiger partial charge in [0.1, 0.15) is 12.1 Å². The Morgan fingerprint density at radius 1 is 0.913 bits per heavy atom. The van der Waals surface area contributed by atoms with E-state index in [0.29, 0.717) is 6.54 Å². The highest BCUT2D eigenvalue weighted by Crippen LogP contribution is 2.44. The summed E-state index contributed by atoms with van der Waals surface area (Å²) in [5.41, 5.74) is 1.89. The molecule has 2 aliphatic rings. The highest BCUT2D eigenvalue weighted by Gasteiger charge is 2.50. The summed E-state index contributed by atoms with van der Waals surface area (Å²) in [7, 11) is 0. The van der Waals surface area contributed by atoms with Crippen LogP contribution in [0.2, 0.25) is 0 Å². The number of nitrogens with one attached hydrogen (secondary N) is 1. The molecule has 2 aliphatic heterocycles. The van der Waals surface area contributed by atoms with Crippen LogP contribution in [0.1, 0.15) is 23.3 Å². The van der Waals surface area contributed by atoms with Gasteiger partial charge in [0.2, 0.25) is 5.91 Å². The van der Waals surface area contributed by atoms with Gasteiger partial charge in [-0.25, -0.2) is 4.79 Å². The molecule has 1 N–H and O–H groups in total. The van der Waals surface area contributed by atoms with Crippen molar-refractivity contribution in [3.63, 3.8) is 0 Å². The molecule has 0 saturated carbocycles. The van der Waals surface area contributed by atoms with Crippen molar-refractivity contribution in [2.45, 2.75) is 18.2 Å². The zero-order chi connectivity index (χ0) is 15.8. The molecule has 3 atom stereocenters. The van der Waals surface area contributed by atoms with E-state index in [2.05, 4.69) is 5.32 Å². The topological polar surface area (TPSA) is 58.6 Å². The lowest BCUT2D eigenvalue weighted by Crippen LogP contribution is -2.62. The van der Waals surface area contributed by atoms with E-state index in [1.54, 1.807) is 4.90 Å². The van der Waals surface area contributed by atoms with Crippen molar-refractivity contribution in [2.75, 3.05) is 6.54 Å². The Labute approximate surface area is 133 Å². The van der Waals surface area contributed by atoms with Crippen molar-refractivity contribution >= 4 is 12.0 Å². The van der Waals surface area contributed by atoms with Gasteiger partial charge in [0.25, 0.3) is 0 Å². The molecule has 4 rings (SSSR count). The van der Waals surface area contributed by atoms with Gasteiger partial charge in [-0.1, -0.05) is 60.7 Å². The Balaban J connectivity index is 1.77. The highest BCUT2D eigenvalue weighted by atomic mass is 16.6. The summed E-state index contributed by atoms with van der Waals surface area (Å²) >= 11 is 0. The lowest BCUT2D eigenvalue weighted by Gasteiger charge is -2.36. The molecule has 2 saturated heterocycles. The van der Waals surface area contributed by atoms with E-state index in [4.69, 9.17) is 4.74 Å². The summed E-state index contributed by atoms with van der Waals surface area (Å²) < 4.78 is 5.64. The third-order valence-electron chi connectivity index (χ3n) is 4.40. The predicted octanol–water partition coefficient (Wildman–Crippen LogP) is 2.42. The normalized spacial score (nSPS) is 26.4. The monoisotopic (exact) mass is 308 g/mol. The van der Waals surface area contributed by atoms with Crippen molar-refractivity contribution in [1.29, 1.82) is 0 Å². The molecule has 116 valence electrons. The largest absolute Gasteiger partial charge is 0.439 e. The number of rotatable bonds is 3. The fraction of sp³-hybridized carbons (Fsp3) is 0.222. The van der Waals surface area contributed by atoms with Crippen LogP contribution in [0.3, 0.4) is 0 Å². The number of ether oxygens (including phenoxy) is 1. The van der Waals surface area contributed by atoms with Gasteiger partial charge in [0.15, 0.2) is 6.10 Å². The van der Waals surface area contributed by atoms with Crippen molar-refractivity contribution in [2.24, 2.45) is 0 Å². The third kappa shape index (κ3) is 2.25. The maximum absolute atomic E-state index is 12.4. The molecular weight excluding hydrogens is 292 g/mol. The molecule has 2 amide bonds. The summed E-state index contributed by atoms with van der Waals surface area (Å²) in [6.07, 6.45) is -0.855. The van der Waals surface area contributed by atoms with Gasteiger partial charge in [-0.2, -0.15) is 0 Å². The summed E-state index contributed by atoms with van der Waals surface area (Å²) in [6.45, 7) is 0.471. The molecule has 2 aromatic rings. The van der Waals surface area contributed by atoms with Crippen molar-refractivity contribution in [3.05, 3.63) is 71.8 Å². The number of cyclic esters (lactones) is 1. The quantitative estimate of drug-likeness (QED) is 0.886. The Morgan fingerprint density at radius 2 is 1.52 bits per heavy atom. The average molecular weight is 308 g/mol. The maximum atomic E-state index is 12.4. The van der Waals surface area contributed by atoms with E-state index in [9.17, 15) is 9.59 Å².